The molecule has 0 spiro atoms. The summed E-state index contributed by atoms with van der Waals surface area (Å²) in [6, 6.07) is 1.82. The van der Waals surface area contributed by atoms with E-state index in [4.69, 9.17) is 4.42 Å². The molecule has 0 aliphatic heterocycles. The van der Waals surface area contributed by atoms with Crippen LogP contribution in [0.5, 0.6) is 0 Å². The van der Waals surface area contributed by atoms with Gasteiger partial charge in [0.1, 0.15) is 17.0 Å². The van der Waals surface area contributed by atoms with Crippen molar-refractivity contribution < 1.29 is 14.3 Å². The number of hydrogen-bond donors (Lipinski definition) is 1. The minimum Gasteiger partial charge on any atom is -0.472 e. The van der Waals surface area contributed by atoms with Crippen molar-refractivity contribution in [2.75, 3.05) is 13.6 Å². The van der Waals surface area contributed by atoms with Crippen LogP contribution >= 0.6 is 11.3 Å². The highest BCUT2D eigenvalue weighted by atomic mass is 32.1. The molecule has 5 nitrogen and oxygen atoms in total. The molecule has 1 aliphatic rings. The number of nitrogens with zero attached hydrogens (tertiary/aromatic N) is 2. The van der Waals surface area contributed by atoms with E-state index in [2.05, 4.69) is 4.98 Å². The highest BCUT2D eigenvalue weighted by Gasteiger charge is 2.34. The van der Waals surface area contributed by atoms with Gasteiger partial charge < -0.3 is 14.4 Å². The van der Waals surface area contributed by atoms with Crippen LogP contribution in [0.1, 0.15) is 36.2 Å². The minimum absolute atomic E-state index is 0.152. The molecule has 3 rings (SSSR count). The van der Waals surface area contributed by atoms with Crippen molar-refractivity contribution in [2.24, 2.45) is 0 Å². The Morgan fingerprint density at radius 3 is 2.95 bits per heavy atom. The lowest BCUT2D eigenvalue weighted by Gasteiger charge is -2.28. The number of hydrogen-bond acceptors (Lipinski definition) is 5. The molecule has 2 heterocycles. The zero-order chi connectivity index (χ0) is 14.9. The Balaban J connectivity index is 1.70. The van der Waals surface area contributed by atoms with E-state index in [1.54, 1.807) is 29.9 Å². The summed E-state index contributed by atoms with van der Waals surface area (Å²) in [7, 11) is 1.72. The Hall–Kier alpha value is -1.66. The van der Waals surface area contributed by atoms with Gasteiger partial charge in [0, 0.05) is 24.5 Å². The Labute approximate surface area is 127 Å². The van der Waals surface area contributed by atoms with Gasteiger partial charge in [-0.1, -0.05) is 12.8 Å². The smallest absolute Gasteiger partial charge is 0.273 e. The quantitative estimate of drug-likeness (QED) is 0.943. The van der Waals surface area contributed by atoms with Gasteiger partial charge in [0.05, 0.1) is 11.9 Å². The van der Waals surface area contributed by atoms with Gasteiger partial charge in [-0.25, -0.2) is 4.98 Å². The summed E-state index contributed by atoms with van der Waals surface area (Å²) in [5.74, 6) is -0.152. The first-order valence-corrected chi connectivity index (χ1v) is 7.91. The Morgan fingerprint density at radius 2 is 2.29 bits per heavy atom. The van der Waals surface area contributed by atoms with Crippen LogP contribution in [-0.2, 0) is 0 Å². The largest absolute Gasteiger partial charge is 0.472 e. The zero-order valence-electron chi connectivity index (χ0n) is 11.9. The van der Waals surface area contributed by atoms with Crippen LogP contribution in [-0.4, -0.2) is 40.1 Å². The molecule has 21 heavy (non-hydrogen) atoms. The Morgan fingerprint density at radius 1 is 1.52 bits per heavy atom. The molecule has 1 N–H and O–H groups in total. The summed E-state index contributed by atoms with van der Waals surface area (Å²) in [4.78, 5) is 18.3. The third-order valence-corrected chi connectivity index (χ3v) is 4.80. The number of aliphatic hydroxyl groups is 1. The number of carbonyl (C=O) groups excluding carboxylic acids is 1. The molecule has 0 radical (unpaired) electrons. The van der Waals surface area contributed by atoms with Crippen molar-refractivity contribution in [1.29, 1.82) is 0 Å². The number of thiazole rings is 1. The Kier molecular flexibility index (Phi) is 3.82. The number of aromatic nitrogens is 1. The van der Waals surface area contributed by atoms with Gasteiger partial charge in [0.2, 0.25) is 0 Å². The SMILES string of the molecule is CN(CC1(O)CCCC1)C(=O)c1csc(-c2ccoc2)n1. The predicted molar refractivity (Wildman–Crippen MR) is 80.2 cm³/mol. The summed E-state index contributed by atoms with van der Waals surface area (Å²) in [5, 5.41) is 12.9. The van der Waals surface area contributed by atoms with Crippen molar-refractivity contribution in [3.63, 3.8) is 0 Å². The highest BCUT2D eigenvalue weighted by molar-refractivity contribution is 7.13. The van der Waals surface area contributed by atoms with Crippen LogP contribution < -0.4 is 0 Å². The molecule has 6 heteroatoms. The molecule has 1 amide bonds. The van der Waals surface area contributed by atoms with Crippen LogP contribution in [0.4, 0.5) is 0 Å². The normalized spacial score (nSPS) is 17.0. The van der Waals surface area contributed by atoms with Crippen molar-refractivity contribution in [3.8, 4) is 10.6 Å². The van der Waals surface area contributed by atoms with Crippen LogP contribution in [0.2, 0.25) is 0 Å². The van der Waals surface area contributed by atoms with Crippen LogP contribution in [0.15, 0.2) is 28.4 Å². The van der Waals surface area contributed by atoms with E-state index >= 15 is 0 Å². The van der Waals surface area contributed by atoms with Crippen molar-refractivity contribution >= 4 is 17.2 Å². The van der Waals surface area contributed by atoms with Crippen LogP contribution in [0, 0.1) is 0 Å². The molecule has 1 fully saturated rings. The van der Waals surface area contributed by atoms with Crippen LogP contribution in [0.25, 0.3) is 10.6 Å². The first-order chi connectivity index (χ1) is 10.1. The maximum absolute atomic E-state index is 12.4. The molecular formula is C15H18N2O3S. The van der Waals surface area contributed by atoms with E-state index in [-0.39, 0.29) is 5.91 Å². The van der Waals surface area contributed by atoms with Crippen LogP contribution in [0.3, 0.4) is 0 Å². The molecule has 0 aromatic carbocycles. The molecule has 0 saturated heterocycles. The molecule has 2 aromatic heterocycles. The van der Waals surface area contributed by atoms with E-state index in [0.29, 0.717) is 12.2 Å². The maximum Gasteiger partial charge on any atom is 0.273 e. The standard InChI is InChI=1S/C15H18N2O3S/c1-17(10-15(19)5-2-3-6-15)14(18)12-9-21-13(16-12)11-4-7-20-8-11/h4,7-9,19H,2-3,5-6,10H2,1H3. The van der Waals surface area contributed by atoms with Gasteiger partial charge in [-0.05, 0) is 18.9 Å². The van der Waals surface area contributed by atoms with E-state index in [1.165, 1.54) is 11.3 Å². The van der Waals surface area contributed by atoms with Crippen molar-refractivity contribution in [2.45, 2.75) is 31.3 Å². The van der Waals surface area contributed by atoms with Gasteiger partial charge in [0.25, 0.3) is 5.91 Å². The number of rotatable bonds is 4. The lowest BCUT2D eigenvalue weighted by Crippen LogP contribution is -2.42. The first kappa shape index (κ1) is 14.3. The number of likely N-dealkylation sites (N-methyl/N-ethyl adjacent to an activating group) is 1. The van der Waals surface area contributed by atoms with E-state index < -0.39 is 5.60 Å². The molecular weight excluding hydrogens is 288 g/mol. The molecule has 0 unspecified atom stereocenters. The third-order valence-electron chi connectivity index (χ3n) is 3.90. The van der Waals surface area contributed by atoms with E-state index in [1.807, 2.05) is 6.07 Å². The molecule has 2 aromatic rings. The average Bonchev–Trinajstić information content (AvgIpc) is 3.18. The first-order valence-electron chi connectivity index (χ1n) is 7.03. The van der Waals surface area contributed by atoms with Gasteiger partial charge >= 0.3 is 0 Å². The summed E-state index contributed by atoms with van der Waals surface area (Å²) in [6.45, 7) is 0.365. The van der Waals surface area contributed by atoms with Gasteiger partial charge in [-0.3, -0.25) is 4.79 Å². The summed E-state index contributed by atoms with van der Waals surface area (Å²) < 4.78 is 5.03. The number of furan rings is 1. The maximum atomic E-state index is 12.4. The molecule has 112 valence electrons. The number of carbonyl (C=O) groups is 1. The van der Waals surface area contributed by atoms with Gasteiger partial charge in [0.15, 0.2) is 0 Å². The molecule has 1 aliphatic carbocycles. The zero-order valence-corrected chi connectivity index (χ0v) is 12.7. The van der Waals surface area contributed by atoms with E-state index in [0.717, 1.165) is 36.3 Å². The highest BCUT2D eigenvalue weighted by Crippen LogP contribution is 2.30. The minimum atomic E-state index is -0.728. The van der Waals surface area contributed by atoms with Crippen molar-refractivity contribution in [3.05, 3.63) is 29.7 Å². The summed E-state index contributed by atoms with van der Waals surface area (Å²) in [5.41, 5.74) is 0.560. The lowest BCUT2D eigenvalue weighted by molar-refractivity contribution is 0.0155. The van der Waals surface area contributed by atoms with Gasteiger partial charge in [-0.15, -0.1) is 11.3 Å². The second-order valence-corrected chi connectivity index (χ2v) is 6.50. The van der Waals surface area contributed by atoms with E-state index in [9.17, 15) is 9.90 Å². The monoisotopic (exact) mass is 306 g/mol. The molecule has 0 bridgehead atoms. The molecule has 0 atom stereocenters. The predicted octanol–water partition coefficient (Wildman–Crippen LogP) is 2.78. The third kappa shape index (κ3) is 3.01. The van der Waals surface area contributed by atoms with Gasteiger partial charge in [-0.2, -0.15) is 0 Å². The lowest BCUT2D eigenvalue weighted by atomic mass is 10.0. The summed E-state index contributed by atoms with van der Waals surface area (Å²) >= 11 is 1.41. The summed E-state index contributed by atoms with van der Waals surface area (Å²) in [6.07, 6.45) is 6.78. The van der Waals surface area contributed by atoms with Crippen molar-refractivity contribution in [1.82, 2.24) is 9.88 Å². The fraction of sp³-hybridized carbons (Fsp3) is 0.467. The second-order valence-electron chi connectivity index (χ2n) is 5.64. The number of amides is 1. The fourth-order valence-electron chi connectivity index (χ4n) is 2.79. The second kappa shape index (κ2) is 5.61. The Bertz CT molecular complexity index is 615. The topological polar surface area (TPSA) is 66.6 Å². The fourth-order valence-corrected chi connectivity index (χ4v) is 3.57. The average molecular weight is 306 g/mol. The molecule has 1 saturated carbocycles.